The second-order valence-electron chi connectivity index (χ2n) is 3.06. The Hall–Kier alpha value is -1.82. The summed E-state index contributed by atoms with van der Waals surface area (Å²) >= 11 is 0. The van der Waals surface area contributed by atoms with Crippen molar-refractivity contribution in [1.29, 1.82) is 0 Å². The Morgan fingerprint density at radius 3 is 2.80 bits per heavy atom. The molecule has 0 unspecified atom stereocenters. The van der Waals surface area contributed by atoms with Gasteiger partial charge in [-0.25, -0.2) is 4.98 Å². The van der Waals surface area contributed by atoms with Crippen molar-refractivity contribution in [3.63, 3.8) is 0 Å². The molecule has 0 atom stereocenters. The standard InChI is InChI=1S/C9H5NO4S/c11-15(12)13-8-5-6-3-1-2-4-7(6)10-9(8)14-15/h1-5H. The first-order valence-corrected chi connectivity index (χ1v) is 5.51. The van der Waals surface area contributed by atoms with Crippen LogP contribution in [0.3, 0.4) is 0 Å². The number of rotatable bonds is 0. The van der Waals surface area contributed by atoms with Crippen LogP contribution >= 0.6 is 0 Å². The minimum atomic E-state index is -3.95. The van der Waals surface area contributed by atoms with Gasteiger partial charge in [-0.2, -0.15) is 0 Å². The van der Waals surface area contributed by atoms with Gasteiger partial charge in [-0.1, -0.05) is 18.2 Å². The summed E-state index contributed by atoms with van der Waals surface area (Å²) in [6.45, 7) is 0. The van der Waals surface area contributed by atoms with E-state index in [4.69, 9.17) is 0 Å². The molecule has 1 aromatic heterocycles. The fourth-order valence-electron chi connectivity index (χ4n) is 1.42. The Kier molecular flexibility index (Phi) is 1.47. The van der Waals surface area contributed by atoms with Crippen LogP contribution in [-0.2, 0) is 10.4 Å². The van der Waals surface area contributed by atoms with E-state index in [1.165, 1.54) is 0 Å². The number of nitrogens with zero attached hydrogens (tertiary/aromatic N) is 1. The molecule has 0 saturated carbocycles. The highest BCUT2D eigenvalue weighted by Crippen LogP contribution is 2.35. The van der Waals surface area contributed by atoms with Gasteiger partial charge in [-0.3, -0.25) is 0 Å². The Labute approximate surface area is 85.6 Å². The smallest absolute Gasteiger partial charge is 0.347 e. The molecule has 0 amide bonds. The lowest BCUT2D eigenvalue weighted by Crippen LogP contribution is -2.08. The normalized spacial score (nSPS) is 16.8. The zero-order valence-corrected chi connectivity index (χ0v) is 8.19. The van der Waals surface area contributed by atoms with Crippen molar-refractivity contribution < 1.29 is 16.8 Å². The summed E-state index contributed by atoms with van der Waals surface area (Å²) in [4.78, 5) is 4.02. The van der Waals surface area contributed by atoms with E-state index in [0.717, 1.165) is 5.39 Å². The summed E-state index contributed by atoms with van der Waals surface area (Å²) in [6.07, 6.45) is 0. The van der Waals surface area contributed by atoms with E-state index in [1.807, 2.05) is 18.2 Å². The zero-order chi connectivity index (χ0) is 10.5. The van der Waals surface area contributed by atoms with Crippen molar-refractivity contribution in [3.05, 3.63) is 30.3 Å². The van der Waals surface area contributed by atoms with Crippen molar-refractivity contribution in [1.82, 2.24) is 4.98 Å². The molecule has 2 heterocycles. The molecule has 0 bridgehead atoms. The Balaban J connectivity index is 2.32. The maximum absolute atomic E-state index is 11.0. The molecule has 1 aliphatic heterocycles. The Bertz CT molecular complexity index is 600. The average molecular weight is 223 g/mol. The predicted octanol–water partition coefficient (Wildman–Crippen LogP) is 1.25. The number of hydrogen-bond donors (Lipinski definition) is 0. The molecule has 2 aromatic rings. The van der Waals surface area contributed by atoms with Crippen molar-refractivity contribution >= 4 is 21.3 Å². The third-order valence-corrected chi connectivity index (χ3v) is 2.77. The van der Waals surface area contributed by atoms with E-state index in [2.05, 4.69) is 13.4 Å². The number of pyridine rings is 1. The summed E-state index contributed by atoms with van der Waals surface area (Å²) in [6, 6.07) is 8.82. The molecule has 15 heavy (non-hydrogen) atoms. The van der Waals surface area contributed by atoms with Gasteiger partial charge in [0.2, 0.25) is 5.75 Å². The van der Waals surface area contributed by atoms with E-state index in [0.29, 0.717) is 5.52 Å². The second-order valence-corrected chi connectivity index (χ2v) is 4.21. The first kappa shape index (κ1) is 8.49. The van der Waals surface area contributed by atoms with Gasteiger partial charge in [0, 0.05) is 5.39 Å². The molecular weight excluding hydrogens is 218 g/mol. The zero-order valence-electron chi connectivity index (χ0n) is 7.38. The lowest BCUT2D eigenvalue weighted by Gasteiger charge is -1.96. The largest absolute Gasteiger partial charge is 0.502 e. The van der Waals surface area contributed by atoms with Crippen LogP contribution in [-0.4, -0.2) is 13.4 Å². The lowest BCUT2D eigenvalue weighted by atomic mass is 10.2. The van der Waals surface area contributed by atoms with E-state index >= 15 is 0 Å². The molecular formula is C9H5NO4S. The fraction of sp³-hybridized carbons (Fsp3) is 0. The van der Waals surface area contributed by atoms with Crippen molar-refractivity contribution in [2.45, 2.75) is 0 Å². The lowest BCUT2D eigenvalue weighted by molar-refractivity contribution is 0.434. The summed E-state index contributed by atoms with van der Waals surface area (Å²) in [5.41, 5.74) is 0.664. The second kappa shape index (κ2) is 2.60. The highest BCUT2D eigenvalue weighted by atomic mass is 32.3. The molecule has 0 aliphatic carbocycles. The highest BCUT2D eigenvalue weighted by Gasteiger charge is 2.30. The molecule has 0 spiro atoms. The van der Waals surface area contributed by atoms with Crippen LogP contribution in [0.2, 0.25) is 0 Å². The molecule has 1 aromatic carbocycles. The number of fused-ring (bicyclic) bond motifs is 2. The molecule has 0 N–H and O–H groups in total. The third kappa shape index (κ3) is 1.30. The summed E-state index contributed by atoms with van der Waals surface area (Å²) in [5, 5.41) is 0.803. The number of hydrogen-bond acceptors (Lipinski definition) is 5. The SMILES string of the molecule is O=S1(=O)Oc2cc3ccccc3nc2O1. The topological polar surface area (TPSA) is 65.5 Å². The van der Waals surface area contributed by atoms with Gasteiger partial charge in [0.1, 0.15) is 0 Å². The number of benzene rings is 1. The fourth-order valence-corrected chi connectivity index (χ4v) is 2.11. The summed E-state index contributed by atoms with van der Waals surface area (Å²) in [5.74, 6) is 0.127. The molecule has 1 aliphatic rings. The molecule has 5 nitrogen and oxygen atoms in total. The quantitative estimate of drug-likeness (QED) is 0.672. The molecule has 0 saturated heterocycles. The number of aromatic nitrogens is 1. The van der Waals surface area contributed by atoms with Gasteiger partial charge in [0.05, 0.1) is 5.52 Å². The maximum Gasteiger partial charge on any atom is 0.502 e. The highest BCUT2D eigenvalue weighted by molar-refractivity contribution is 7.82. The van der Waals surface area contributed by atoms with Gasteiger partial charge in [0.25, 0.3) is 5.88 Å². The van der Waals surface area contributed by atoms with E-state index in [9.17, 15) is 8.42 Å². The molecule has 0 radical (unpaired) electrons. The monoisotopic (exact) mass is 223 g/mol. The Morgan fingerprint density at radius 2 is 1.93 bits per heavy atom. The van der Waals surface area contributed by atoms with Crippen LogP contribution in [0, 0.1) is 0 Å². The van der Waals surface area contributed by atoms with E-state index in [1.54, 1.807) is 12.1 Å². The van der Waals surface area contributed by atoms with Gasteiger partial charge in [0.15, 0.2) is 0 Å². The van der Waals surface area contributed by atoms with E-state index < -0.39 is 10.4 Å². The minimum absolute atomic E-state index is 0.00583. The maximum atomic E-state index is 11.0. The minimum Gasteiger partial charge on any atom is -0.347 e. The van der Waals surface area contributed by atoms with Crippen LogP contribution in [0.25, 0.3) is 10.9 Å². The van der Waals surface area contributed by atoms with Gasteiger partial charge < -0.3 is 8.37 Å². The van der Waals surface area contributed by atoms with Crippen molar-refractivity contribution in [2.75, 3.05) is 0 Å². The predicted molar refractivity (Wildman–Crippen MR) is 51.9 cm³/mol. The first-order chi connectivity index (χ1) is 7.14. The molecule has 3 rings (SSSR count). The van der Waals surface area contributed by atoms with Crippen LogP contribution < -0.4 is 8.37 Å². The average Bonchev–Trinajstić information content (AvgIpc) is 2.46. The van der Waals surface area contributed by atoms with Crippen LogP contribution in [0.15, 0.2) is 30.3 Å². The summed E-state index contributed by atoms with van der Waals surface area (Å²) < 4.78 is 31.1. The van der Waals surface area contributed by atoms with Gasteiger partial charge >= 0.3 is 10.4 Å². The molecule has 76 valence electrons. The molecule has 0 fully saturated rings. The number of para-hydroxylation sites is 1. The van der Waals surface area contributed by atoms with Crippen LogP contribution in [0.5, 0.6) is 11.6 Å². The molecule has 6 heteroatoms. The van der Waals surface area contributed by atoms with Crippen molar-refractivity contribution in [3.8, 4) is 11.6 Å². The van der Waals surface area contributed by atoms with Crippen LogP contribution in [0.4, 0.5) is 0 Å². The third-order valence-electron chi connectivity index (χ3n) is 2.03. The van der Waals surface area contributed by atoms with Gasteiger partial charge in [-0.05, 0) is 12.1 Å². The van der Waals surface area contributed by atoms with Gasteiger partial charge in [-0.15, -0.1) is 8.42 Å². The van der Waals surface area contributed by atoms with E-state index in [-0.39, 0.29) is 11.6 Å². The Morgan fingerprint density at radius 1 is 1.13 bits per heavy atom. The van der Waals surface area contributed by atoms with Crippen LogP contribution in [0.1, 0.15) is 0 Å². The first-order valence-electron chi connectivity index (χ1n) is 4.18. The summed E-state index contributed by atoms with van der Waals surface area (Å²) in [7, 11) is -3.95. The van der Waals surface area contributed by atoms with Crippen molar-refractivity contribution in [2.24, 2.45) is 0 Å².